The first kappa shape index (κ1) is 12.9. The summed E-state index contributed by atoms with van der Waals surface area (Å²) in [5.74, 6) is 2.19. The zero-order valence-corrected chi connectivity index (χ0v) is 12.1. The first-order valence-electron chi connectivity index (χ1n) is 6.42. The highest BCUT2D eigenvalue weighted by Gasteiger charge is 2.23. The van der Waals surface area contributed by atoms with E-state index in [1.165, 1.54) is 0 Å². The van der Waals surface area contributed by atoms with Crippen molar-refractivity contribution in [2.75, 3.05) is 0 Å². The van der Waals surface area contributed by atoms with Crippen LogP contribution in [0.25, 0.3) is 11.4 Å². The Morgan fingerprint density at radius 2 is 1.94 bits per heavy atom. The van der Waals surface area contributed by atoms with Gasteiger partial charge in [-0.05, 0) is 33.8 Å². The van der Waals surface area contributed by atoms with E-state index in [-0.39, 0.29) is 5.54 Å². The molecule has 1 N–H and O–H groups in total. The molecule has 4 nitrogen and oxygen atoms in total. The summed E-state index contributed by atoms with van der Waals surface area (Å²) in [5.41, 5.74) is 2.19. The molecule has 0 saturated heterocycles. The van der Waals surface area contributed by atoms with Crippen LogP contribution in [0.4, 0.5) is 0 Å². The van der Waals surface area contributed by atoms with Gasteiger partial charge in [-0.25, -0.2) is 9.67 Å². The lowest BCUT2D eigenvalue weighted by Gasteiger charge is -2.21. The van der Waals surface area contributed by atoms with Crippen molar-refractivity contribution in [1.29, 1.82) is 0 Å². The molecule has 2 aromatic heterocycles. The normalized spacial score (nSPS) is 12.4. The van der Waals surface area contributed by atoms with Crippen LogP contribution in [0.2, 0.25) is 0 Å². The Balaban J connectivity index is 2.62. The summed E-state index contributed by atoms with van der Waals surface area (Å²) in [7, 11) is 0. The topological polar surface area (TPSA) is 46.5 Å². The SMILES string of the molecule is Cc1[nH]ccc1-c1nc(C(C)C)nn1C(C)(C)C. The van der Waals surface area contributed by atoms with Crippen molar-refractivity contribution in [3.05, 3.63) is 23.8 Å². The van der Waals surface area contributed by atoms with Gasteiger partial charge in [0.25, 0.3) is 0 Å². The third kappa shape index (κ3) is 2.19. The van der Waals surface area contributed by atoms with Gasteiger partial charge in [0.1, 0.15) is 0 Å². The van der Waals surface area contributed by atoms with E-state index < -0.39 is 0 Å². The van der Waals surface area contributed by atoms with E-state index >= 15 is 0 Å². The Labute approximate surface area is 108 Å². The number of hydrogen-bond acceptors (Lipinski definition) is 2. The van der Waals surface area contributed by atoms with Gasteiger partial charge in [-0.2, -0.15) is 5.10 Å². The van der Waals surface area contributed by atoms with Gasteiger partial charge in [0, 0.05) is 23.4 Å². The molecule has 0 spiro atoms. The van der Waals surface area contributed by atoms with Crippen LogP contribution in [-0.4, -0.2) is 19.7 Å². The molecule has 0 aliphatic rings. The van der Waals surface area contributed by atoms with E-state index in [1.807, 2.05) is 10.9 Å². The number of hydrogen-bond donors (Lipinski definition) is 1. The van der Waals surface area contributed by atoms with Crippen molar-refractivity contribution in [3.8, 4) is 11.4 Å². The molecule has 0 amide bonds. The molecule has 0 saturated carbocycles. The van der Waals surface area contributed by atoms with Gasteiger partial charge >= 0.3 is 0 Å². The Kier molecular flexibility index (Phi) is 3.05. The fourth-order valence-electron chi connectivity index (χ4n) is 1.91. The molecule has 2 aromatic rings. The molecule has 0 fully saturated rings. The number of aryl methyl sites for hydroxylation is 1. The van der Waals surface area contributed by atoms with E-state index in [9.17, 15) is 0 Å². The molecule has 0 bridgehead atoms. The minimum atomic E-state index is -0.0703. The highest BCUT2D eigenvalue weighted by Crippen LogP contribution is 2.27. The van der Waals surface area contributed by atoms with E-state index in [0.717, 1.165) is 22.9 Å². The number of nitrogens with zero attached hydrogens (tertiary/aromatic N) is 3. The molecule has 2 heterocycles. The van der Waals surface area contributed by atoms with Crippen molar-refractivity contribution < 1.29 is 0 Å². The predicted molar refractivity (Wildman–Crippen MR) is 73.6 cm³/mol. The lowest BCUT2D eigenvalue weighted by Crippen LogP contribution is -2.24. The van der Waals surface area contributed by atoms with E-state index in [1.54, 1.807) is 0 Å². The third-order valence-corrected chi connectivity index (χ3v) is 2.97. The Hall–Kier alpha value is -1.58. The van der Waals surface area contributed by atoms with Crippen molar-refractivity contribution in [2.45, 2.75) is 53.0 Å². The molecule has 18 heavy (non-hydrogen) atoms. The molecule has 0 aromatic carbocycles. The largest absolute Gasteiger partial charge is 0.365 e. The second kappa shape index (κ2) is 4.26. The van der Waals surface area contributed by atoms with Crippen LogP contribution in [0.1, 0.15) is 52.1 Å². The van der Waals surface area contributed by atoms with Gasteiger partial charge in [-0.1, -0.05) is 13.8 Å². The van der Waals surface area contributed by atoms with Crippen LogP contribution in [0.15, 0.2) is 12.3 Å². The van der Waals surface area contributed by atoms with Gasteiger partial charge in [0.05, 0.1) is 5.54 Å². The number of aromatic amines is 1. The molecule has 0 atom stereocenters. The minimum absolute atomic E-state index is 0.0703. The van der Waals surface area contributed by atoms with Crippen molar-refractivity contribution in [2.24, 2.45) is 0 Å². The number of rotatable bonds is 2. The fourth-order valence-corrected chi connectivity index (χ4v) is 1.91. The molecule has 2 rings (SSSR count). The zero-order chi connectivity index (χ0) is 13.5. The van der Waals surface area contributed by atoms with Crippen molar-refractivity contribution in [1.82, 2.24) is 19.7 Å². The minimum Gasteiger partial charge on any atom is -0.365 e. The maximum absolute atomic E-state index is 4.71. The Bertz CT molecular complexity index is 540. The lowest BCUT2D eigenvalue weighted by molar-refractivity contribution is 0.356. The van der Waals surface area contributed by atoms with Gasteiger partial charge < -0.3 is 4.98 Å². The molecule has 98 valence electrons. The molecular weight excluding hydrogens is 224 g/mol. The van der Waals surface area contributed by atoms with Crippen LogP contribution >= 0.6 is 0 Å². The van der Waals surface area contributed by atoms with Crippen LogP contribution < -0.4 is 0 Å². The second-order valence-corrected chi connectivity index (χ2v) is 6.05. The Morgan fingerprint density at radius 1 is 1.28 bits per heavy atom. The van der Waals surface area contributed by atoms with Gasteiger partial charge in [0.15, 0.2) is 11.6 Å². The molecule has 0 aliphatic carbocycles. The highest BCUT2D eigenvalue weighted by atomic mass is 15.4. The summed E-state index contributed by atoms with van der Waals surface area (Å²) >= 11 is 0. The van der Waals surface area contributed by atoms with Crippen LogP contribution in [-0.2, 0) is 5.54 Å². The molecular formula is C14H22N4. The van der Waals surface area contributed by atoms with Crippen LogP contribution in [0, 0.1) is 6.92 Å². The number of nitrogens with one attached hydrogen (secondary N) is 1. The molecule has 0 radical (unpaired) electrons. The van der Waals surface area contributed by atoms with Gasteiger partial charge in [-0.3, -0.25) is 0 Å². The first-order chi connectivity index (χ1) is 8.30. The first-order valence-corrected chi connectivity index (χ1v) is 6.42. The predicted octanol–water partition coefficient (Wildman–Crippen LogP) is 3.46. The fraction of sp³-hybridized carbons (Fsp3) is 0.571. The second-order valence-electron chi connectivity index (χ2n) is 6.05. The van der Waals surface area contributed by atoms with Gasteiger partial charge in [0.2, 0.25) is 0 Å². The summed E-state index contributed by atoms with van der Waals surface area (Å²) < 4.78 is 2.03. The smallest absolute Gasteiger partial charge is 0.160 e. The zero-order valence-electron chi connectivity index (χ0n) is 12.1. The molecule has 0 unspecified atom stereocenters. The van der Waals surface area contributed by atoms with Gasteiger partial charge in [-0.15, -0.1) is 0 Å². The summed E-state index contributed by atoms with van der Waals surface area (Å²) in [4.78, 5) is 7.91. The standard InChI is InChI=1S/C14H22N4/c1-9(2)12-16-13(11-7-8-15-10(11)3)18(17-12)14(4,5)6/h7-9,15H,1-6H3. The summed E-state index contributed by atoms with van der Waals surface area (Å²) in [5, 5.41) is 4.67. The Morgan fingerprint density at radius 3 is 2.39 bits per heavy atom. The maximum atomic E-state index is 4.71. The van der Waals surface area contributed by atoms with E-state index in [0.29, 0.717) is 5.92 Å². The summed E-state index contributed by atoms with van der Waals surface area (Å²) in [6.45, 7) is 12.8. The number of H-pyrrole nitrogens is 1. The highest BCUT2D eigenvalue weighted by molar-refractivity contribution is 5.58. The number of aromatic nitrogens is 4. The van der Waals surface area contributed by atoms with E-state index in [2.05, 4.69) is 57.7 Å². The molecule has 0 aliphatic heterocycles. The average Bonchev–Trinajstić information content (AvgIpc) is 2.81. The van der Waals surface area contributed by atoms with Crippen LogP contribution in [0.3, 0.4) is 0 Å². The van der Waals surface area contributed by atoms with Crippen molar-refractivity contribution in [3.63, 3.8) is 0 Å². The monoisotopic (exact) mass is 246 g/mol. The third-order valence-electron chi connectivity index (χ3n) is 2.97. The van der Waals surface area contributed by atoms with E-state index in [4.69, 9.17) is 4.98 Å². The average molecular weight is 246 g/mol. The summed E-state index contributed by atoms with van der Waals surface area (Å²) in [6.07, 6.45) is 1.95. The molecule has 4 heteroatoms. The van der Waals surface area contributed by atoms with Crippen LogP contribution in [0.5, 0.6) is 0 Å². The maximum Gasteiger partial charge on any atom is 0.160 e. The quantitative estimate of drug-likeness (QED) is 0.882. The lowest BCUT2D eigenvalue weighted by atomic mass is 10.1. The van der Waals surface area contributed by atoms with Crippen molar-refractivity contribution >= 4 is 0 Å². The summed E-state index contributed by atoms with van der Waals surface area (Å²) in [6, 6.07) is 2.06.